The summed E-state index contributed by atoms with van der Waals surface area (Å²) in [4.78, 5) is 13.3. The van der Waals surface area contributed by atoms with Crippen LogP contribution in [-0.4, -0.2) is 29.6 Å². The van der Waals surface area contributed by atoms with Gasteiger partial charge in [-0.05, 0) is 38.1 Å². The lowest BCUT2D eigenvalue weighted by atomic mass is 9.87. The topological polar surface area (TPSA) is 40.5 Å². The second-order valence-electron chi connectivity index (χ2n) is 4.58. The molecule has 1 heterocycles. The Hall–Kier alpha value is -0.870. The maximum atomic E-state index is 11.1. The number of carbonyl (C=O) groups is 1. The van der Waals surface area contributed by atoms with Crippen molar-refractivity contribution in [2.45, 2.75) is 18.9 Å². The minimum atomic E-state index is -0.671. The van der Waals surface area contributed by atoms with Crippen molar-refractivity contribution in [3.63, 3.8) is 0 Å². The largest absolute Gasteiger partial charge is 0.481 e. The number of likely N-dealkylation sites (tertiary alicyclic amines) is 1. The third kappa shape index (κ3) is 2.69. The van der Waals surface area contributed by atoms with Crippen molar-refractivity contribution < 1.29 is 9.90 Å². The van der Waals surface area contributed by atoms with Crippen molar-refractivity contribution in [1.29, 1.82) is 0 Å². The van der Waals surface area contributed by atoms with Gasteiger partial charge < -0.3 is 5.11 Å². The molecule has 1 aromatic rings. The number of hydrogen-bond donors (Lipinski definition) is 1. The van der Waals surface area contributed by atoms with Crippen LogP contribution in [0.1, 0.15) is 24.4 Å². The molecule has 1 aliphatic heterocycles. The van der Waals surface area contributed by atoms with Crippen LogP contribution in [0.4, 0.5) is 0 Å². The minimum Gasteiger partial charge on any atom is -0.481 e. The van der Waals surface area contributed by atoms with Gasteiger partial charge in [0, 0.05) is 10.5 Å². The number of carboxylic acids is 1. The molecule has 0 spiro atoms. The van der Waals surface area contributed by atoms with E-state index in [1.54, 1.807) is 0 Å². The fraction of sp³-hybridized carbons (Fsp3) is 0.462. The first-order valence-corrected chi connectivity index (χ1v) is 6.56. The second-order valence-corrected chi connectivity index (χ2v) is 5.43. The van der Waals surface area contributed by atoms with E-state index in [1.807, 2.05) is 18.2 Å². The molecule has 2 atom stereocenters. The van der Waals surface area contributed by atoms with Gasteiger partial charge in [0.1, 0.15) is 0 Å². The lowest BCUT2D eigenvalue weighted by Gasteiger charge is -2.36. The van der Waals surface area contributed by atoms with E-state index < -0.39 is 5.97 Å². The zero-order chi connectivity index (χ0) is 12.4. The fourth-order valence-corrected chi connectivity index (χ4v) is 2.97. The van der Waals surface area contributed by atoms with Crippen molar-refractivity contribution in [2.24, 2.45) is 5.92 Å². The maximum Gasteiger partial charge on any atom is 0.306 e. The number of carboxylic acid groups (broad SMARTS) is 1. The molecule has 0 radical (unpaired) electrons. The fourth-order valence-electron chi connectivity index (χ4n) is 2.42. The molecule has 0 bridgehead atoms. The summed E-state index contributed by atoms with van der Waals surface area (Å²) in [5, 5.41) is 9.13. The Balaban J connectivity index is 2.24. The molecule has 0 saturated carbocycles. The van der Waals surface area contributed by atoms with Gasteiger partial charge in [0.25, 0.3) is 0 Å². The molecule has 92 valence electrons. The van der Waals surface area contributed by atoms with Crippen LogP contribution < -0.4 is 0 Å². The van der Waals surface area contributed by atoms with E-state index in [4.69, 9.17) is 5.11 Å². The maximum absolute atomic E-state index is 11.1. The lowest BCUT2D eigenvalue weighted by molar-refractivity contribution is -0.144. The van der Waals surface area contributed by atoms with Gasteiger partial charge in [-0.3, -0.25) is 9.69 Å². The summed E-state index contributed by atoms with van der Waals surface area (Å²) in [7, 11) is 2.06. The molecule has 2 rings (SSSR count). The molecule has 2 unspecified atom stereocenters. The second kappa shape index (κ2) is 5.19. The van der Waals surface area contributed by atoms with Gasteiger partial charge in [0.15, 0.2) is 0 Å². The molecular formula is C13H16BrNO2. The molecule has 4 heteroatoms. The van der Waals surface area contributed by atoms with Crippen LogP contribution in [-0.2, 0) is 4.79 Å². The monoisotopic (exact) mass is 297 g/mol. The lowest BCUT2D eigenvalue weighted by Crippen LogP contribution is -2.36. The first-order valence-electron chi connectivity index (χ1n) is 5.77. The van der Waals surface area contributed by atoms with Crippen LogP contribution in [0.15, 0.2) is 28.7 Å². The third-order valence-electron chi connectivity index (χ3n) is 3.48. The molecule has 1 saturated heterocycles. The summed E-state index contributed by atoms with van der Waals surface area (Å²) in [6, 6.07) is 8.24. The number of nitrogens with zero attached hydrogens (tertiary/aromatic N) is 1. The molecule has 0 amide bonds. The van der Waals surface area contributed by atoms with Gasteiger partial charge >= 0.3 is 5.97 Å². The van der Waals surface area contributed by atoms with E-state index in [1.165, 1.54) is 5.56 Å². The Kier molecular flexibility index (Phi) is 3.84. The molecule has 0 aliphatic carbocycles. The van der Waals surface area contributed by atoms with E-state index in [2.05, 4.69) is 33.9 Å². The highest BCUT2D eigenvalue weighted by molar-refractivity contribution is 9.10. The summed E-state index contributed by atoms with van der Waals surface area (Å²) in [5.74, 6) is -0.890. The number of aliphatic carboxylic acids is 1. The third-order valence-corrected chi connectivity index (χ3v) is 4.21. The van der Waals surface area contributed by atoms with Crippen LogP contribution >= 0.6 is 15.9 Å². The van der Waals surface area contributed by atoms with Crippen LogP contribution in [0, 0.1) is 5.92 Å². The average molecular weight is 298 g/mol. The van der Waals surface area contributed by atoms with Gasteiger partial charge in [-0.15, -0.1) is 0 Å². The summed E-state index contributed by atoms with van der Waals surface area (Å²) >= 11 is 3.54. The van der Waals surface area contributed by atoms with Gasteiger partial charge in [0.2, 0.25) is 0 Å². The Morgan fingerprint density at radius 1 is 1.47 bits per heavy atom. The number of piperidine rings is 1. The average Bonchev–Trinajstić information content (AvgIpc) is 2.30. The summed E-state index contributed by atoms with van der Waals surface area (Å²) in [6.45, 7) is 0.836. The Bertz CT molecular complexity index is 422. The van der Waals surface area contributed by atoms with E-state index in [0.717, 1.165) is 17.4 Å². The van der Waals surface area contributed by atoms with Crippen molar-refractivity contribution >= 4 is 21.9 Å². The van der Waals surface area contributed by atoms with Gasteiger partial charge in [0.05, 0.1) is 5.92 Å². The molecule has 0 aromatic heterocycles. The van der Waals surface area contributed by atoms with Crippen LogP contribution in [0.3, 0.4) is 0 Å². The number of hydrogen-bond acceptors (Lipinski definition) is 2. The van der Waals surface area contributed by atoms with Crippen LogP contribution in [0.2, 0.25) is 0 Å². The molecule has 1 aromatic carbocycles. The highest BCUT2D eigenvalue weighted by atomic mass is 79.9. The highest BCUT2D eigenvalue weighted by Gasteiger charge is 2.31. The molecule has 1 N–H and O–H groups in total. The summed E-state index contributed by atoms with van der Waals surface area (Å²) in [6.07, 6.45) is 1.43. The number of benzene rings is 1. The van der Waals surface area contributed by atoms with E-state index in [-0.39, 0.29) is 12.0 Å². The van der Waals surface area contributed by atoms with E-state index in [9.17, 15) is 4.79 Å². The van der Waals surface area contributed by atoms with Gasteiger partial charge in [-0.25, -0.2) is 0 Å². The number of halogens is 1. The Morgan fingerprint density at radius 3 is 2.82 bits per heavy atom. The zero-order valence-electron chi connectivity index (χ0n) is 9.77. The van der Waals surface area contributed by atoms with Crippen molar-refractivity contribution in [3.05, 3.63) is 34.3 Å². The first-order chi connectivity index (χ1) is 8.09. The van der Waals surface area contributed by atoms with Gasteiger partial charge in [-0.2, -0.15) is 0 Å². The standard InChI is InChI=1S/C13H16BrNO2/c1-15-7-6-9(13(16)17)8-12(15)10-4-2-3-5-11(10)14/h2-5,9,12H,6-8H2,1H3,(H,16,17). The molecular weight excluding hydrogens is 282 g/mol. The normalized spacial score (nSPS) is 25.8. The van der Waals surface area contributed by atoms with Crippen LogP contribution in [0.25, 0.3) is 0 Å². The van der Waals surface area contributed by atoms with E-state index in [0.29, 0.717) is 6.42 Å². The first kappa shape index (κ1) is 12.6. The number of rotatable bonds is 2. The van der Waals surface area contributed by atoms with Crippen molar-refractivity contribution in [3.8, 4) is 0 Å². The van der Waals surface area contributed by atoms with Crippen molar-refractivity contribution in [2.75, 3.05) is 13.6 Å². The Morgan fingerprint density at radius 2 is 2.18 bits per heavy atom. The zero-order valence-corrected chi connectivity index (χ0v) is 11.4. The summed E-state index contributed by atoms with van der Waals surface area (Å²) in [5.41, 5.74) is 1.18. The molecule has 3 nitrogen and oxygen atoms in total. The smallest absolute Gasteiger partial charge is 0.306 e. The highest BCUT2D eigenvalue weighted by Crippen LogP contribution is 2.36. The SMILES string of the molecule is CN1CCC(C(=O)O)CC1c1ccccc1Br. The predicted molar refractivity (Wildman–Crippen MR) is 69.9 cm³/mol. The van der Waals surface area contributed by atoms with Crippen LogP contribution in [0.5, 0.6) is 0 Å². The summed E-state index contributed by atoms with van der Waals surface area (Å²) < 4.78 is 1.06. The molecule has 1 fully saturated rings. The quantitative estimate of drug-likeness (QED) is 0.912. The molecule has 1 aliphatic rings. The Labute approximate surface area is 110 Å². The van der Waals surface area contributed by atoms with Crippen molar-refractivity contribution in [1.82, 2.24) is 4.90 Å². The predicted octanol–water partition coefficient (Wildman–Crippen LogP) is 2.92. The van der Waals surface area contributed by atoms with E-state index >= 15 is 0 Å². The minimum absolute atomic E-state index is 0.195. The molecule has 17 heavy (non-hydrogen) atoms. The van der Waals surface area contributed by atoms with Gasteiger partial charge in [-0.1, -0.05) is 34.1 Å².